The highest BCUT2D eigenvalue weighted by molar-refractivity contribution is 7.99. The summed E-state index contributed by atoms with van der Waals surface area (Å²) in [4.78, 5) is 7.20. The lowest BCUT2D eigenvalue weighted by Crippen LogP contribution is -2.68. The lowest BCUT2D eigenvalue weighted by molar-refractivity contribution is -0.370. The zero-order chi connectivity index (χ0) is 22.1. The van der Waals surface area contributed by atoms with E-state index in [1.165, 1.54) is 0 Å². The summed E-state index contributed by atoms with van der Waals surface area (Å²) < 4.78 is 29.5. The van der Waals surface area contributed by atoms with Gasteiger partial charge in [-0.3, -0.25) is 0 Å². The van der Waals surface area contributed by atoms with Crippen LogP contribution in [0.5, 0.6) is 0 Å². The van der Waals surface area contributed by atoms with Gasteiger partial charge in [0.05, 0.1) is 12.1 Å². The van der Waals surface area contributed by atoms with E-state index in [9.17, 15) is 13.9 Å². The summed E-state index contributed by atoms with van der Waals surface area (Å²) in [6, 6.07) is 9.07. The fourth-order valence-electron chi connectivity index (χ4n) is 3.40. The highest BCUT2D eigenvalue weighted by Gasteiger charge is 2.31. The lowest BCUT2D eigenvalue weighted by Gasteiger charge is -2.26. The van der Waals surface area contributed by atoms with Crippen LogP contribution >= 0.6 is 0 Å². The summed E-state index contributed by atoms with van der Waals surface area (Å²) in [7, 11) is 2.04. The number of aliphatic hydroxyl groups excluding tert-OH is 1. The number of nitrogens with one attached hydrogen (secondary N) is 2. The molecule has 0 amide bonds. The number of aryl methyl sites for hydroxylation is 3. The normalized spacial score (nSPS) is 15.4. The molecular formula is C22H31N4O3S+. The molecule has 1 unspecified atom stereocenters. The summed E-state index contributed by atoms with van der Waals surface area (Å²) >= 11 is 0. The molecule has 1 atom stereocenters. The van der Waals surface area contributed by atoms with E-state index in [1.54, 1.807) is 12.1 Å². The monoisotopic (exact) mass is 431 g/mol. The quantitative estimate of drug-likeness (QED) is 0.583. The van der Waals surface area contributed by atoms with Crippen molar-refractivity contribution >= 4 is 33.4 Å². The molecule has 7 nitrogen and oxygen atoms in total. The average molecular weight is 432 g/mol. The number of likely N-dealkylation sites (N-methyl/N-ethyl adjacent to an activating group) is 2. The van der Waals surface area contributed by atoms with Crippen molar-refractivity contribution in [2.24, 2.45) is 0 Å². The first-order valence-corrected chi connectivity index (χ1v) is 11.5. The molecule has 0 spiro atoms. The molecule has 30 heavy (non-hydrogen) atoms. The molecule has 2 aromatic rings. The summed E-state index contributed by atoms with van der Waals surface area (Å²) in [5.41, 5.74) is 4.89. The van der Waals surface area contributed by atoms with Crippen LogP contribution in [-0.4, -0.2) is 54.7 Å². The Bertz CT molecular complexity index is 1020. The van der Waals surface area contributed by atoms with Gasteiger partial charge in [-0.1, -0.05) is 10.3 Å². The van der Waals surface area contributed by atoms with Gasteiger partial charge in [0.25, 0.3) is 0 Å². The van der Waals surface area contributed by atoms with E-state index in [1.807, 2.05) is 63.0 Å². The van der Waals surface area contributed by atoms with Crippen molar-refractivity contribution in [1.29, 1.82) is 0 Å². The Morgan fingerprint density at radius 1 is 1.10 bits per heavy atom. The maximum Gasteiger partial charge on any atom is 0.338 e. The van der Waals surface area contributed by atoms with Gasteiger partial charge in [-0.25, -0.2) is 4.72 Å². The van der Waals surface area contributed by atoms with Gasteiger partial charge in [0, 0.05) is 37.8 Å². The van der Waals surface area contributed by atoms with Crippen LogP contribution in [0, 0.1) is 13.8 Å². The third kappa shape index (κ3) is 5.00. The molecule has 8 heteroatoms. The Morgan fingerprint density at radius 2 is 1.83 bits per heavy atom. The number of sulfonamides is 1. The number of hydrogen-bond donors (Lipinski definition) is 3. The first kappa shape index (κ1) is 22.3. The van der Waals surface area contributed by atoms with Gasteiger partial charge in [-0.2, -0.15) is 4.99 Å². The highest BCUT2D eigenvalue weighted by atomic mass is 32.3. The van der Waals surface area contributed by atoms with Crippen molar-refractivity contribution < 1.29 is 18.9 Å². The summed E-state index contributed by atoms with van der Waals surface area (Å²) in [6.45, 7) is 5.39. The molecule has 0 fully saturated rings. The third-order valence-corrected chi connectivity index (χ3v) is 6.85. The van der Waals surface area contributed by atoms with Crippen molar-refractivity contribution in [2.75, 3.05) is 43.9 Å². The van der Waals surface area contributed by atoms with Crippen LogP contribution in [0.1, 0.15) is 23.1 Å². The van der Waals surface area contributed by atoms with Gasteiger partial charge in [0.2, 0.25) is 10.6 Å². The van der Waals surface area contributed by atoms with E-state index in [4.69, 9.17) is 0 Å². The molecule has 3 N–H and O–H groups in total. The third-order valence-electron chi connectivity index (χ3n) is 5.44. The van der Waals surface area contributed by atoms with Crippen LogP contribution in [0.3, 0.4) is 0 Å². The second-order valence-electron chi connectivity index (χ2n) is 8.18. The first-order chi connectivity index (χ1) is 14.1. The second kappa shape index (κ2) is 8.75. The predicted molar refractivity (Wildman–Crippen MR) is 121 cm³/mol. The minimum atomic E-state index is -3.81. The zero-order valence-corrected chi connectivity index (χ0v) is 19.1. The van der Waals surface area contributed by atoms with Gasteiger partial charge in [0.15, 0.2) is 10.4 Å². The molecule has 3 rings (SSSR count). The van der Waals surface area contributed by atoms with Crippen LogP contribution in [-0.2, 0) is 21.0 Å². The average Bonchev–Trinajstić information content (AvgIpc) is 2.67. The molecule has 0 saturated carbocycles. The van der Waals surface area contributed by atoms with Gasteiger partial charge >= 0.3 is 5.90 Å². The van der Waals surface area contributed by atoms with Crippen molar-refractivity contribution in [3.05, 3.63) is 47.0 Å². The van der Waals surface area contributed by atoms with E-state index in [0.717, 1.165) is 28.9 Å². The topological polar surface area (TPSA) is 92.8 Å². The van der Waals surface area contributed by atoms with E-state index >= 15 is 0 Å². The standard InChI is InChI=1S/C22H30N4O3S/c1-15-6-8-18(12-16(15)2)24-30(28,29)21-13-17-7-9-22(27)23-19(17)14-20(21)26(5)11-10-25(3)4/h6,8,12-14H,7,9-11H2,1-5H3,(H2-,23,24,27,28,29)/p+1. The Labute approximate surface area is 179 Å². The highest BCUT2D eigenvalue weighted by Crippen LogP contribution is 2.34. The summed E-state index contributed by atoms with van der Waals surface area (Å²) in [5.74, 6) is 0.202. The van der Waals surface area contributed by atoms with Crippen LogP contribution < -0.4 is 14.6 Å². The summed E-state index contributed by atoms with van der Waals surface area (Å²) in [6.07, 6.45) is 1.05. The smallest absolute Gasteiger partial charge is 0.338 e. The van der Waals surface area contributed by atoms with Gasteiger partial charge in [-0.05, 0) is 57.6 Å². The molecule has 2 aromatic carbocycles. The first-order valence-electron chi connectivity index (χ1n) is 10.0. The minimum Gasteiger partial charge on any atom is -0.588 e. The van der Waals surface area contributed by atoms with Gasteiger partial charge in [0.1, 0.15) is 5.69 Å². The van der Waals surface area contributed by atoms with Gasteiger partial charge < -0.3 is 19.5 Å². The molecular weight excluding hydrogens is 400 g/mol. The van der Waals surface area contributed by atoms with Crippen LogP contribution in [0.4, 0.5) is 17.1 Å². The zero-order valence-electron chi connectivity index (χ0n) is 18.3. The van der Waals surface area contributed by atoms with E-state index in [2.05, 4.69) is 9.71 Å². The van der Waals surface area contributed by atoms with E-state index in [-0.39, 0.29) is 10.8 Å². The van der Waals surface area contributed by atoms with Crippen molar-refractivity contribution in [2.45, 2.75) is 31.6 Å². The molecule has 1 aliphatic rings. The number of aliphatic hydroxyl groups is 1. The van der Waals surface area contributed by atoms with Crippen LogP contribution in [0.15, 0.2) is 35.2 Å². The SMILES string of the molecule is Cc1ccc(N[S+](=O)([O-])c2cc3c(cc2N(C)CCN(C)C)[NH+]=C(O)CC3)cc1C. The molecule has 0 aromatic heterocycles. The number of hydrogen-bond acceptors (Lipinski definition) is 4. The Kier molecular flexibility index (Phi) is 6.50. The van der Waals surface area contributed by atoms with Crippen LogP contribution in [0.25, 0.3) is 0 Å². The predicted octanol–water partition coefficient (Wildman–Crippen LogP) is 1.93. The van der Waals surface area contributed by atoms with E-state index < -0.39 is 10.4 Å². The Morgan fingerprint density at radius 3 is 2.50 bits per heavy atom. The number of fused-ring (bicyclic) bond motifs is 1. The van der Waals surface area contributed by atoms with Crippen LogP contribution in [0.2, 0.25) is 0 Å². The van der Waals surface area contributed by atoms with E-state index in [0.29, 0.717) is 30.8 Å². The molecule has 0 bridgehead atoms. The number of benzene rings is 2. The van der Waals surface area contributed by atoms with Crippen molar-refractivity contribution in [3.8, 4) is 0 Å². The molecule has 0 radical (unpaired) electrons. The number of nitrogens with zero attached hydrogens (tertiary/aromatic N) is 2. The molecule has 1 heterocycles. The number of anilines is 2. The molecule has 1 aliphatic heterocycles. The minimum absolute atomic E-state index is 0.202. The molecule has 0 aliphatic carbocycles. The molecule has 162 valence electrons. The largest absolute Gasteiger partial charge is 0.588 e. The Balaban J connectivity index is 2.04. The van der Waals surface area contributed by atoms with Gasteiger partial charge in [-0.15, -0.1) is 0 Å². The second-order valence-corrected chi connectivity index (χ2v) is 9.83. The maximum atomic E-state index is 13.4. The Hall–Kier alpha value is -2.42. The van der Waals surface area contributed by atoms with Crippen molar-refractivity contribution in [1.82, 2.24) is 4.90 Å². The fourth-order valence-corrected chi connectivity index (χ4v) is 4.74. The summed E-state index contributed by atoms with van der Waals surface area (Å²) in [5, 5.41) is 9.89. The lowest BCUT2D eigenvalue weighted by atomic mass is 10.0. The molecule has 0 saturated heterocycles. The van der Waals surface area contributed by atoms with Crippen molar-refractivity contribution in [3.63, 3.8) is 0 Å². The number of rotatable bonds is 7. The maximum absolute atomic E-state index is 13.4. The fraction of sp³-hybridized carbons (Fsp3) is 0.409.